The van der Waals surface area contributed by atoms with Gasteiger partial charge in [-0.25, -0.2) is 8.42 Å². The largest absolute Gasteiger partial charge is 0.325 e. The molecular weight excluding hydrogens is 390 g/mol. The number of nitrogens with zero attached hydrogens (tertiary/aromatic N) is 2. The van der Waals surface area contributed by atoms with E-state index in [4.69, 9.17) is 0 Å². The maximum absolute atomic E-state index is 13.1. The first-order chi connectivity index (χ1) is 13.9. The lowest BCUT2D eigenvalue weighted by Gasteiger charge is -2.33. The number of benzene rings is 2. The molecule has 2 aliphatic rings. The van der Waals surface area contributed by atoms with E-state index in [9.17, 15) is 18.0 Å². The van der Waals surface area contributed by atoms with Crippen LogP contribution < -0.4 is 10.2 Å². The summed E-state index contributed by atoms with van der Waals surface area (Å²) in [6.45, 7) is 0.318. The quantitative estimate of drug-likeness (QED) is 0.834. The zero-order chi connectivity index (χ0) is 20.6. The second-order valence-electron chi connectivity index (χ2n) is 7.40. The van der Waals surface area contributed by atoms with Crippen molar-refractivity contribution >= 4 is 33.2 Å². The highest BCUT2D eigenvalue weighted by molar-refractivity contribution is 7.89. The Morgan fingerprint density at radius 3 is 2.62 bits per heavy atom. The van der Waals surface area contributed by atoms with Crippen molar-refractivity contribution in [1.29, 1.82) is 0 Å². The number of anilines is 2. The van der Waals surface area contributed by atoms with E-state index in [1.165, 1.54) is 4.31 Å². The summed E-state index contributed by atoms with van der Waals surface area (Å²) in [5.41, 5.74) is 2.26. The predicted molar refractivity (Wildman–Crippen MR) is 110 cm³/mol. The van der Waals surface area contributed by atoms with E-state index in [0.717, 1.165) is 24.1 Å². The molecule has 0 bridgehead atoms. The summed E-state index contributed by atoms with van der Waals surface area (Å²) in [4.78, 5) is 26.6. The average molecular weight is 413 g/mol. The summed E-state index contributed by atoms with van der Waals surface area (Å²) >= 11 is 0. The third kappa shape index (κ3) is 3.65. The lowest BCUT2D eigenvalue weighted by Crippen LogP contribution is -2.49. The summed E-state index contributed by atoms with van der Waals surface area (Å²) in [6, 6.07) is 12.8. The highest BCUT2D eigenvalue weighted by Gasteiger charge is 2.37. The Morgan fingerprint density at radius 1 is 1.10 bits per heavy atom. The van der Waals surface area contributed by atoms with Crippen LogP contribution in [0.5, 0.6) is 0 Å². The van der Waals surface area contributed by atoms with E-state index in [1.807, 2.05) is 0 Å². The molecule has 2 amide bonds. The zero-order valence-electron chi connectivity index (χ0n) is 16.2. The molecule has 152 valence electrons. The first kappa shape index (κ1) is 19.6. The van der Waals surface area contributed by atoms with Gasteiger partial charge in [0.2, 0.25) is 21.8 Å². The molecule has 0 radical (unpaired) electrons. The Balaban J connectivity index is 1.56. The fourth-order valence-corrected chi connectivity index (χ4v) is 5.63. The van der Waals surface area contributed by atoms with Crippen LogP contribution in [0.4, 0.5) is 11.4 Å². The fourth-order valence-electron chi connectivity index (χ4n) is 3.96. The minimum absolute atomic E-state index is 0.0101. The van der Waals surface area contributed by atoms with Gasteiger partial charge in [0.1, 0.15) is 6.04 Å². The van der Waals surface area contributed by atoms with Gasteiger partial charge in [0.15, 0.2) is 0 Å². The van der Waals surface area contributed by atoms with Gasteiger partial charge >= 0.3 is 0 Å². The molecule has 1 N–H and O–H groups in total. The van der Waals surface area contributed by atoms with Crippen molar-refractivity contribution in [2.24, 2.45) is 0 Å². The number of carbonyl (C=O) groups is 2. The van der Waals surface area contributed by atoms with E-state index < -0.39 is 16.1 Å². The number of hydrogen-bond acceptors (Lipinski definition) is 4. The smallest absolute Gasteiger partial charge is 0.243 e. The fraction of sp³-hybridized carbons (Fsp3) is 0.333. The number of rotatable bonds is 4. The van der Waals surface area contributed by atoms with Gasteiger partial charge in [0.05, 0.1) is 11.3 Å². The summed E-state index contributed by atoms with van der Waals surface area (Å²) in [5.74, 6) is -0.335. The van der Waals surface area contributed by atoms with Crippen LogP contribution >= 0.6 is 0 Å². The third-order valence-corrected chi connectivity index (χ3v) is 7.45. The van der Waals surface area contributed by atoms with Crippen molar-refractivity contribution in [3.8, 4) is 0 Å². The minimum atomic E-state index is -3.75. The molecule has 0 aromatic heterocycles. The summed E-state index contributed by atoms with van der Waals surface area (Å²) in [6.07, 6.45) is 2.29. The second kappa shape index (κ2) is 7.61. The Labute approximate surface area is 170 Å². The normalized spacial score (nSPS) is 19.8. The lowest BCUT2D eigenvalue weighted by molar-refractivity contribution is -0.120. The van der Waals surface area contributed by atoms with Crippen LogP contribution in [0.1, 0.15) is 24.8 Å². The number of carbonyl (C=O) groups excluding carboxylic acids is 2. The first-order valence-electron chi connectivity index (χ1n) is 9.65. The molecule has 8 heteroatoms. The second-order valence-corrected chi connectivity index (χ2v) is 9.29. The molecule has 1 unspecified atom stereocenters. The molecule has 2 aromatic carbocycles. The number of fused-ring (bicyclic) bond motifs is 1. The van der Waals surface area contributed by atoms with Gasteiger partial charge in [0, 0.05) is 25.0 Å². The molecule has 2 heterocycles. The highest BCUT2D eigenvalue weighted by atomic mass is 32.2. The van der Waals surface area contributed by atoms with Crippen LogP contribution in [0, 0.1) is 0 Å². The Bertz CT molecular complexity index is 1050. The number of likely N-dealkylation sites (N-methyl/N-ethyl adjacent to an activating group) is 1. The standard InChI is InChI=1S/C21H23N3O4S/c1-23-18-11-10-16(13-15(18)14-20(23)25)22-21(26)19-9-5-6-12-24(19)29(27,28)17-7-3-2-4-8-17/h2-4,7-8,10-11,13,19H,5-6,9,12,14H2,1H3,(H,22,26). The van der Waals surface area contributed by atoms with Gasteiger partial charge in [-0.05, 0) is 48.7 Å². The molecule has 1 fully saturated rings. The van der Waals surface area contributed by atoms with Gasteiger partial charge in [-0.15, -0.1) is 0 Å². The number of nitrogens with one attached hydrogen (secondary N) is 1. The van der Waals surface area contributed by atoms with E-state index in [-0.39, 0.29) is 16.7 Å². The van der Waals surface area contributed by atoms with Crippen molar-refractivity contribution in [1.82, 2.24) is 4.31 Å². The molecule has 29 heavy (non-hydrogen) atoms. The molecule has 2 aromatic rings. The van der Waals surface area contributed by atoms with Crippen molar-refractivity contribution < 1.29 is 18.0 Å². The molecule has 1 saturated heterocycles. The van der Waals surface area contributed by atoms with Crippen molar-refractivity contribution in [2.45, 2.75) is 36.6 Å². The Hall–Kier alpha value is -2.71. The molecule has 7 nitrogen and oxygen atoms in total. The summed E-state index contributed by atoms with van der Waals surface area (Å²) in [5, 5.41) is 2.85. The van der Waals surface area contributed by atoms with Crippen molar-refractivity contribution in [2.75, 3.05) is 23.8 Å². The topological polar surface area (TPSA) is 86.8 Å². The maximum atomic E-state index is 13.1. The zero-order valence-corrected chi connectivity index (χ0v) is 17.0. The van der Waals surface area contributed by atoms with Gasteiger partial charge in [-0.2, -0.15) is 4.31 Å². The van der Waals surface area contributed by atoms with Crippen LogP contribution in [0.3, 0.4) is 0 Å². The van der Waals surface area contributed by atoms with Gasteiger partial charge in [0.25, 0.3) is 0 Å². The van der Waals surface area contributed by atoms with Crippen molar-refractivity contribution in [3.63, 3.8) is 0 Å². The number of piperidine rings is 1. The van der Waals surface area contributed by atoms with Gasteiger partial charge in [-0.3, -0.25) is 9.59 Å². The number of hydrogen-bond donors (Lipinski definition) is 1. The average Bonchev–Trinajstić information content (AvgIpc) is 3.01. The summed E-state index contributed by atoms with van der Waals surface area (Å²) in [7, 11) is -2.03. The van der Waals surface area contributed by atoms with Crippen molar-refractivity contribution in [3.05, 3.63) is 54.1 Å². The molecule has 0 aliphatic carbocycles. The predicted octanol–water partition coefficient (Wildman–Crippen LogP) is 2.39. The Morgan fingerprint density at radius 2 is 1.86 bits per heavy atom. The molecule has 2 aliphatic heterocycles. The van der Waals surface area contributed by atoms with Crippen LogP contribution in [0.25, 0.3) is 0 Å². The van der Waals surface area contributed by atoms with E-state index in [1.54, 1.807) is 60.5 Å². The SMILES string of the molecule is CN1C(=O)Cc2cc(NC(=O)C3CCCCN3S(=O)(=O)c3ccccc3)ccc21. The molecule has 1 atom stereocenters. The maximum Gasteiger partial charge on any atom is 0.243 e. The third-order valence-electron chi connectivity index (χ3n) is 5.53. The van der Waals surface area contributed by atoms with Crippen LogP contribution in [0.2, 0.25) is 0 Å². The van der Waals surface area contributed by atoms with E-state index >= 15 is 0 Å². The molecular formula is C21H23N3O4S. The van der Waals surface area contributed by atoms with E-state index in [0.29, 0.717) is 25.1 Å². The lowest BCUT2D eigenvalue weighted by atomic mass is 10.0. The van der Waals surface area contributed by atoms with Crippen LogP contribution in [-0.2, 0) is 26.0 Å². The monoisotopic (exact) mass is 413 g/mol. The Kier molecular flexibility index (Phi) is 5.14. The summed E-state index contributed by atoms with van der Waals surface area (Å²) < 4.78 is 27.5. The van der Waals surface area contributed by atoms with Gasteiger partial charge in [-0.1, -0.05) is 24.6 Å². The minimum Gasteiger partial charge on any atom is -0.325 e. The van der Waals surface area contributed by atoms with E-state index in [2.05, 4.69) is 5.32 Å². The number of amides is 2. The van der Waals surface area contributed by atoms with Gasteiger partial charge < -0.3 is 10.2 Å². The number of sulfonamides is 1. The van der Waals surface area contributed by atoms with Crippen LogP contribution in [0.15, 0.2) is 53.4 Å². The molecule has 0 spiro atoms. The highest BCUT2D eigenvalue weighted by Crippen LogP contribution is 2.31. The first-order valence-corrected chi connectivity index (χ1v) is 11.1. The molecule has 0 saturated carbocycles. The van der Waals surface area contributed by atoms with Crippen LogP contribution in [-0.4, -0.2) is 44.2 Å². The molecule has 4 rings (SSSR count).